The zero-order chi connectivity index (χ0) is 9.26. The average molecular weight is 174 g/mol. The van der Waals surface area contributed by atoms with Gasteiger partial charge in [-0.25, -0.2) is 0 Å². The average Bonchev–Trinajstić information content (AvgIpc) is 2.51. The molecule has 1 aromatic carbocycles. The van der Waals surface area contributed by atoms with Gasteiger partial charge in [-0.15, -0.1) is 10.2 Å². The molecule has 1 aromatic heterocycles. The summed E-state index contributed by atoms with van der Waals surface area (Å²) in [5.41, 5.74) is 7.79. The SMILES string of the molecule is Cc1cccc(-n2cnnc2N)c1. The highest BCUT2D eigenvalue weighted by atomic mass is 15.3. The minimum Gasteiger partial charge on any atom is -0.368 e. The van der Waals surface area contributed by atoms with Crippen LogP contribution in [0.4, 0.5) is 5.95 Å². The lowest BCUT2D eigenvalue weighted by Crippen LogP contribution is -1.99. The van der Waals surface area contributed by atoms with E-state index in [1.807, 2.05) is 31.2 Å². The van der Waals surface area contributed by atoms with E-state index in [0.717, 1.165) is 5.69 Å². The molecule has 0 amide bonds. The van der Waals surface area contributed by atoms with Gasteiger partial charge in [-0.3, -0.25) is 4.57 Å². The lowest BCUT2D eigenvalue weighted by Gasteiger charge is -2.03. The molecule has 0 aliphatic rings. The van der Waals surface area contributed by atoms with Crippen LogP contribution in [0, 0.1) is 6.92 Å². The summed E-state index contributed by atoms with van der Waals surface area (Å²) in [5, 5.41) is 7.43. The Morgan fingerprint density at radius 1 is 1.38 bits per heavy atom. The van der Waals surface area contributed by atoms with Crippen molar-refractivity contribution in [3.63, 3.8) is 0 Å². The summed E-state index contributed by atoms with van der Waals surface area (Å²) in [6.45, 7) is 2.03. The van der Waals surface area contributed by atoms with Crippen LogP contribution in [-0.4, -0.2) is 14.8 Å². The van der Waals surface area contributed by atoms with Gasteiger partial charge in [0.25, 0.3) is 0 Å². The molecule has 0 aliphatic carbocycles. The van der Waals surface area contributed by atoms with Crippen LogP contribution in [0.3, 0.4) is 0 Å². The van der Waals surface area contributed by atoms with Gasteiger partial charge >= 0.3 is 0 Å². The molecule has 0 bridgehead atoms. The minimum absolute atomic E-state index is 0.408. The van der Waals surface area contributed by atoms with Gasteiger partial charge in [0, 0.05) is 0 Å². The Labute approximate surface area is 76.0 Å². The molecule has 0 saturated heterocycles. The third kappa shape index (κ3) is 1.38. The zero-order valence-electron chi connectivity index (χ0n) is 7.31. The Kier molecular flexibility index (Phi) is 1.73. The molecule has 2 N–H and O–H groups in total. The summed E-state index contributed by atoms with van der Waals surface area (Å²) < 4.78 is 1.74. The van der Waals surface area contributed by atoms with Crippen molar-refractivity contribution in [3.05, 3.63) is 36.2 Å². The Morgan fingerprint density at radius 3 is 2.85 bits per heavy atom. The van der Waals surface area contributed by atoms with Crippen molar-refractivity contribution in [2.75, 3.05) is 5.73 Å². The lowest BCUT2D eigenvalue weighted by molar-refractivity contribution is 1.06. The highest BCUT2D eigenvalue weighted by molar-refractivity contribution is 5.40. The summed E-state index contributed by atoms with van der Waals surface area (Å²) in [4.78, 5) is 0. The van der Waals surface area contributed by atoms with Crippen LogP contribution in [0.15, 0.2) is 30.6 Å². The maximum atomic E-state index is 5.61. The summed E-state index contributed by atoms with van der Waals surface area (Å²) in [5.74, 6) is 0.408. The summed E-state index contributed by atoms with van der Waals surface area (Å²) in [6.07, 6.45) is 1.60. The molecule has 0 aliphatic heterocycles. The minimum atomic E-state index is 0.408. The third-order valence-electron chi connectivity index (χ3n) is 1.85. The molecule has 66 valence electrons. The van der Waals surface area contributed by atoms with Crippen molar-refractivity contribution in [1.29, 1.82) is 0 Å². The number of nitrogen functional groups attached to an aromatic ring is 1. The highest BCUT2D eigenvalue weighted by Gasteiger charge is 2.00. The molecule has 2 rings (SSSR count). The van der Waals surface area contributed by atoms with Gasteiger partial charge in [0.15, 0.2) is 0 Å². The fourth-order valence-electron chi connectivity index (χ4n) is 1.22. The second kappa shape index (κ2) is 2.90. The van der Waals surface area contributed by atoms with Gasteiger partial charge in [-0.05, 0) is 24.6 Å². The fraction of sp³-hybridized carbons (Fsp3) is 0.111. The molecule has 0 fully saturated rings. The highest BCUT2D eigenvalue weighted by Crippen LogP contribution is 2.11. The number of nitrogens with two attached hydrogens (primary N) is 1. The van der Waals surface area contributed by atoms with Gasteiger partial charge in [0.2, 0.25) is 5.95 Å². The quantitative estimate of drug-likeness (QED) is 0.705. The smallest absolute Gasteiger partial charge is 0.226 e. The van der Waals surface area contributed by atoms with Crippen molar-refractivity contribution >= 4 is 5.95 Å². The molecular formula is C9H10N4. The van der Waals surface area contributed by atoms with E-state index in [2.05, 4.69) is 10.2 Å². The molecule has 0 unspecified atom stereocenters. The second-order valence-corrected chi connectivity index (χ2v) is 2.90. The van der Waals surface area contributed by atoms with Gasteiger partial charge in [0.05, 0.1) is 5.69 Å². The van der Waals surface area contributed by atoms with E-state index in [1.165, 1.54) is 5.56 Å². The number of aromatic nitrogens is 3. The van der Waals surface area contributed by atoms with Crippen LogP contribution in [0.25, 0.3) is 5.69 Å². The number of hydrogen-bond acceptors (Lipinski definition) is 3. The maximum absolute atomic E-state index is 5.61. The molecular weight excluding hydrogens is 164 g/mol. The maximum Gasteiger partial charge on any atom is 0.226 e. The predicted molar refractivity (Wildman–Crippen MR) is 50.5 cm³/mol. The van der Waals surface area contributed by atoms with E-state index in [9.17, 15) is 0 Å². The molecule has 13 heavy (non-hydrogen) atoms. The third-order valence-corrected chi connectivity index (χ3v) is 1.85. The molecule has 0 radical (unpaired) electrons. The Bertz CT molecular complexity index is 419. The lowest BCUT2D eigenvalue weighted by atomic mass is 10.2. The van der Waals surface area contributed by atoms with Crippen LogP contribution in [0.5, 0.6) is 0 Å². The van der Waals surface area contributed by atoms with Crippen LogP contribution >= 0.6 is 0 Å². The second-order valence-electron chi connectivity index (χ2n) is 2.90. The predicted octanol–water partition coefficient (Wildman–Crippen LogP) is 1.16. The normalized spacial score (nSPS) is 10.2. The summed E-state index contributed by atoms with van der Waals surface area (Å²) in [7, 11) is 0. The van der Waals surface area contributed by atoms with Gasteiger partial charge in [0.1, 0.15) is 6.33 Å². The van der Waals surface area contributed by atoms with E-state index >= 15 is 0 Å². The molecule has 0 spiro atoms. The fourth-order valence-corrected chi connectivity index (χ4v) is 1.22. The Hall–Kier alpha value is -1.84. The van der Waals surface area contributed by atoms with E-state index in [-0.39, 0.29) is 0 Å². The summed E-state index contributed by atoms with van der Waals surface area (Å²) in [6, 6.07) is 8.00. The van der Waals surface area contributed by atoms with Crippen molar-refractivity contribution in [2.45, 2.75) is 6.92 Å². The first kappa shape index (κ1) is 7.79. The molecule has 4 heteroatoms. The Balaban J connectivity index is 2.53. The first-order chi connectivity index (χ1) is 6.27. The zero-order valence-corrected chi connectivity index (χ0v) is 7.31. The van der Waals surface area contributed by atoms with Crippen molar-refractivity contribution in [3.8, 4) is 5.69 Å². The van der Waals surface area contributed by atoms with Gasteiger partial charge in [-0.1, -0.05) is 12.1 Å². The van der Waals surface area contributed by atoms with Crippen LogP contribution in [-0.2, 0) is 0 Å². The number of rotatable bonds is 1. The number of benzene rings is 1. The van der Waals surface area contributed by atoms with Gasteiger partial charge in [-0.2, -0.15) is 0 Å². The summed E-state index contributed by atoms with van der Waals surface area (Å²) >= 11 is 0. The van der Waals surface area contributed by atoms with E-state index < -0.39 is 0 Å². The van der Waals surface area contributed by atoms with Crippen molar-refractivity contribution < 1.29 is 0 Å². The number of aryl methyl sites for hydroxylation is 1. The molecule has 0 saturated carbocycles. The van der Waals surface area contributed by atoms with Gasteiger partial charge < -0.3 is 5.73 Å². The Morgan fingerprint density at radius 2 is 2.23 bits per heavy atom. The monoisotopic (exact) mass is 174 g/mol. The number of anilines is 1. The van der Waals surface area contributed by atoms with Crippen LogP contribution in [0.1, 0.15) is 5.56 Å². The first-order valence-corrected chi connectivity index (χ1v) is 4.00. The molecule has 4 nitrogen and oxygen atoms in total. The molecule has 2 aromatic rings. The van der Waals surface area contributed by atoms with E-state index in [1.54, 1.807) is 10.9 Å². The van der Waals surface area contributed by atoms with Crippen molar-refractivity contribution in [1.82, 2.24) is 14.8 Å². The van der Waals surface area contributed by atoms with E-state index in [4.69, 9.17) is 5.73 Å². The van der Waals surface area contributed by atoms with Crippen LogP contribution < -0.4 is 5.73 Å². The van der Waals surface area contributed by atoms with Crippen molar-refractivity contribution in [2.24, 2.45) is 0 Å². The first-order valence-electron chi connectivity index (χ1n) is 4.00. The standard InChI is InChI=1S/C9H10N4/c1-7-3-2-4-8(5-7)13-6-11-12-9(13)10/h2-6H,1H3,(H2,10,12). The van der Waals surface area contributed by atoms with Crippen LogP contribution in [0.2, 0.25) is 0 Å². The number of nitrogens with zero attached hydrogens (tertiary/aromatic N) is 3. The largest absolute Gasteiger partial charge is 0.368 e. The van der Waals surface area contributed by atoms with E-state index in [0.29, 0.717) is 5.95 Å². The topological polar surface area (TPSA) is 56.7 Å². The molecule has 0 atom stereocenters. The number of hydrogen-bond donors (Lipinski definition) is 1. The molecule has 1 heterocycles.